The van der Waals surface area contributed by atoms with Gasteiger partial charge in [0.1, 0.15) is 11.5 Å². The molecule has 2 aliphatic carbocycles. The summed E-state index contributed by atoms with van der Waals surface area (Å²) in [6.45, 7) is 2.81. The number of nitrogens with zero attached hydrogens (tertiary/aromatic N) is 1. The molecule has 6 heteroatoms. The molecule has 2 atom stereocenters. The summed E-state index contributed by atoms with van der Waals surface area (Å²) in [5.74, 6) is 2.85. The van der Waals surface area contributed by atoms with E-state index in [0.29, 0.717) is 35.6 Å². The first-order valence-corrected chi connectivity index (χ1v) is 9.67. The minimum atomic E-state index is -0.454. The van der Waals surface area contributed by atoms with E-state index in [0.717, 1.165) is 36.5 Å². The molecule has 1 heterocycles. The number of halogens is 1. The van der Waals surface area contributed by atoms with Crippen LogP contribution in [0.5, 0.6) is 5.75 Å². The van der Waals surface area contributed by atoms with Gasteiger partial charge in [-0.1, -0.05) is 11.6 Å². The summed E-state index contributed by atoms with van der Waals surface area (Å²) in [4.78, 5) is 4.63. The third-order valence-corrected chi connectivity index (χ3v) is 5.11. The van der Waals surface area contributed by atoms with Crippen molar-refractivity contribution >= 4 is 11.6 Å². The van der Waals surface area contributed by atoms with Crippen LogP contribution in [0.4, 0.5) is 0 Å². The molecule has 0 radical (unpaired) electrons. The van der Waals surface area contributed by atoms with Crippen LogP contribution in [0.15, 0.2) is 22.6 Å². The lowest BCUT2D eigenvalue weighted by molar-refractivity contribution is -0.0104. The van der Waals surface area contributed by atoms with Gasteiger partial charge in [0, 0.05) is 12.0 Å². The molecule has 2 aliphatic rings. The number of aliphatic hydroxyl groups excluding tert-OH is 1. The third-order valence-electron chi connectivity index (χ3n) is 4.82. The Balaban J connectivity index is 1.44. The van der Waals surface area contributed by atoms with E-state index < -0.39 is 6.10 Å². The summed E-state index contributed by atoms with van der Waals surface area (Å²) in [5, 5.41) is 9.95. The second kappa shape index (κ2) is 7.59. The number of benzene rings is 1. The van der Waals surface area contributed by atoms with Crippen molar-refractivity contribution in [3.63, 3.8) is 0 Å². The number of aryl methyl sites for hydroxylation is 1. The molecule has 1 saturated carbocycles. The molecular formula is C20H24ClNO4. The lowest BCUT2D eigenvalue weighted by Crippen LogP contribution is -2.25. The Bertz CT molecular complexity index is 769. The number of ether oxygens (including phenoxy) is 2. The van der Waals surface area contributed by atoms with Crippen molar-refractivity contribution in [2.45, 2.75) is 51.2 Å². The van der Waals surface area contributed by atoms with E-state index in [9.17, 15) is 5.11 Å². The van der Waals surface area contributed by atoms with E-state index in [-0.39, 0.29) is 6.10 Å². The predicted molar refractivity (Wildman–Crippen MR) is 98.6 cm³/mol. The molecule has 0 amide bonds. The van der Waals surface area contributed by atoms with Crippen LogP contribution in [-0.4, -0.2) is 35.5 Å². The smallest absolute Gasteiger partial charge is 0.226 e. The molecule has 26 heavy (non-hydrogen) atoms. The third kappa shape index (κ3) is 4.22. The minimum Gasteiger partial charge on any atom is -0.492 e. The molecule has 0 saturated heterocycles. The van der Waals surface area contributed by atoms with Crippen LogP contribution in [0.25, 0.3) is 11.5 Å². The van der Waals surface area contributed by atoms with Gasteiger partial charge in [0.05, 0.1) is 36.1 Å². The molecule has 1 N–H and O–H groups in total. The summed E-state index contributed by atoms with van der Waals surface area (Å²) in [6, 6.07) is 5.67. The van der Waals surface area contributed by atoms with Crippen LogP contribution in [0.3, 0.4) is 0 Å². The Morgan fingerprint density at radius 2 is 2.19 bits per heavy atom. The van der Waals surface area contributed by atoms with Crippen LogP contribution < -0.4 is 4.74 Å². The maximum atomic E-state index is 9.37. The lowest BCUT2D eigenvalue weighted by atomic mass is 9.99. The van der Waals surface area contributed by atoms with Gasteiger partial charge in [-0.3, -0.25) is 0 Å². The minimum absolute atomic E-state index is 0.0692. The number of aromatic nitrogens is 1. The van der Waals surface area contributed by atoms with Crippen molar-refractivity contribution in [3.05, 3.63) is 34.7 Å². The normalized spacial score (nSPS) is 20.7. The zero-order chi connectivity index (χ0) is 18.1. The molecule has 2 unspecified atom stereocenters. The fourth-order valence-electron chi connectivity index (χ4n) is 3.13. The zero-order valence-corrected chi connectivity index (χ0v) is 15.7. The Labute approximate surface area is 158 Å². The highest BCUT2D eigenvalue weighted by molar-refractivity contribution is 6.32. The van der Waals surface area contributed by atoms with Crippen molar-refractivity contribution in [1.29, 1.82) is 0 Å². The van der Waals surface area contributed by atoms with Crippen LogP contribution in [-0.2, 0) is 17.6 Å². The zero-order valence-electron chi connectivity index (χ0n) is 14.9. The Morgan fingerprint density at radius 1 is 1.35 bits per heavy atom. The van der Waals surface area contributed by atoms with E-state index in [2.05, 4.69) is 4.98 Å². The predicted octanol–water partition coefficient (Wildman–Crippen LogP) is 4.04. The lowest BCUT2D eigenvalue weighted by Gasteiger charge is -2.21. The van der Waals surface area contributed by atoms with Gasteiger partial charge in [0.25, 0.3) is 0 Å². The van der Waals surface area contributed by atoms with Crippen molar-refractivity contribution in [2.75, 3.05) is 13.2 Å². The first kappa shape index (κ1) is 17.8. The highest BCUT2D eigenvalue weighted by Gasteiger charge is 2.26. The molecule has 140 valence electrons. The summed E-state index contributed by atoms with van der Waals surface area (Å²) in [7, 11) is 0. The van der Waals surface area contributed by atoms with E-state index in [1.54, 1.807) is 6.92 Å². The first-order valence-electron chi connectivity index (χ1n) is 9.29. The summed E-state index contributed by atoms with van der Waals surface area (Å²) in [5.41, 5.74) is 1.84. The van der Waals surface area contributed by atoms with Crippen molar-refractivity contribution < 1.29 is 19.0 Å². The Morgan fingerprint density at radius 3 is 2.92 bits per heavy atom. The van der Waals surface area contributed by atoms with Gasteiger partial charge >= 0.3 is 0 Å². The van der Waals surface area contributed by atoms with Crippen molar-refractivity contribution in [1.82, 2.24) is 4.98 Å². The van der Waals surface area contributed by atoms with E-state index in [4.69, 9.17) is 25.5 Å². The van der Waals surface area contributed by atoms with Gasteiger partial charge in [-0.15, -0.1) is 0 Å². The number of fused-ring (bicyclic) bond motifs is 1. The highest BCUT2D eigenvalue weighted by atomic mass is 35.5. The number of aliphatic hydroxyl groups is 1. The van der Waals surface area contributed by atoms with E-state index in [1.807, 2.05) is 18.2 Å². The molecule has 1 aromatic heterocycles. The summed E-state index contributed by atoms with van der Waals surface area (Å²) < 4.78 is 17.5. The highest BCUT2D eigenvalue weighted by Crippen LogP contribution is 2.35. The van der Waals surface area contributed by atoms with Crippen molar-refractivity contribution in [3.8, 4) is 17.2 Å². The average Bonchev–Trinajstić information content (AvgIpc) is 3.35. The largest absolute Gasteiger partial charge is 0.492 e. The summed E-state index contributed by atoms with van der Waals surface area (Å²) >= 11 is 6.37. The van der Waals surface area contributed by atoms with Gasteiger partial charge < -0.3 is 19.0 Å². The fraction of sp³-hybridized carbons (Fsp3) is 0.550. The molecule has 0 aliphatic heterocycles. The maximum absolute atomic E-state index is 9.37. The Hall–Kier alpha value is -1.56. The Kier molecular flexibility index (Phi) is 5.20. The molecule has 0 bridgehead atoms. The van der Waals surface area contributed by atoms with Gasteiger partial charge in [-0.2, -0.15) is 0 Å². The standard InChI is InChI=1S/C20H24ClNO4/c1-12(23)10-24-15-5-6-17-19(9-15)26-20(22-17)14-4-7-18(16(21)8-14)25-11-13-2-3-13/h4,7-8,12-13,15,23H,2-3,5-6,9-11H2,1H3. The number of oxazole rings is 1. The molecule has 0 spiro atoms. The average molecular weight is 378 g/mol. The molecule has 4 rings (SSSR count). The SMILES string of the molecule is CC(O)COC1CCc2nc(-c3ccc(OCC4CC4)c(Cl)c3)oc2C1. The maximum Gasteiger partial charge on any atom is 0.226 e. The van der Waals surface area contributed by atoms with Crippen LogP contribution in [0.1, 0.15) is 37.6 Å². The van der Waals surface area contributed by atoms with Gasteiger partial charge in [-0.05, 0) is 56.7 Å². The molecule has 1 aromatic carbocycles. The van der Waals surface area contributed by atoms with Gasteiger partial charge in [0.15, 0.2) is 0 Å². The van der Waals surface area contributed by atoms with Gasteiger partial charge in [0.2, 0.25) is 5.89 Å². The summed E-state index contributed by atoms with van der Waals surface area (Å²) in [6.07, 6.45) is 4.51. The van der Waals surface area contributed by atoms with Crippen LogP contribution in [0, 0.1) is 5.92 Å². The molecular weight excluding hydrogens is 354 g/mol. The fourth-order valence-corrected chi connectivity index (χ4v) is 3.36. The number of hydrogen-bond donors (Lipinski definition) is 1. The van der Waals surface area contributed by atoms with Crippen LogP contribution >= 0.6 is 11.6 Å². The topological polar surface area (TPSA) is 64.7 Å². The van der Waals surface area contributed by atoms with Gasteiger partial charge in [-0.25, -0.2) is 4.98 Å². The second-order valence-electron chi connectivity index (χ2n) is 7.34. The van der Waals surface area contributed by atoms with Crippen LogP contribution in [0.2, 0.25) is 5.02 Å². The number of hydrogen-bond acceptors (Lipinski definition) is 5. The quantitative estimate of drug-likeness (QED) is 0.788. The van der Waals surface area contributed by atoms with E-state index >= 15 is 0 Å². The molecule has 1 fully saturated rings. The molecule has 5 nitrogen and oxygen atoms in total. The molecule has 2 aromatic rings. The van der Waals surface area contributed by atoms with Crippen molar-refractivity contribution in [2.24, 2.45) is 5.92 Å². The number of rotatable bonds is 7. The first-order chi connectivity index (χ1) is 12.6. The van der Waals surface area contributed by atoms with E-state index in [1.165, 1.54) is 12.8 Å². The second-order valence-corrected chi connectivity index (χ2v) is 7.74. The monoisotopic (exact) mass is 377 g/mol.